The molecule has 2 aromatic heterocycles. The molecule has 0 spiro atoms. The first-order chi connectivity index (χ1) is 9.28. The van der Waals surface area contributed by atoms with Crippen LogP contribution in [0.1, 0.15) is 30.0 Å². The maximum Gasteiger partial charge on any atom is 0.215 e. The van der Waals surface area contributed by atoms with Crippen molar-refractivity contribution in [2.45, 2.75) is 42.4 Å². The molecule has 0 saturated heterocycles. The summed E-state index contributed by atoms with van der Waals surface area (Å²) in [6, 6.07) is 2.61. The van der Waals surface area contributed by atoms with Gasteiger partial charge < -0.3 is 5.73 Å². The van der Waals surface area contributed by atoms with Gasteiger partial charge in [-0.25, -0.2) is 9.67 Å². The van der Waals surface area contributed by atoms with Crippen molar-refractivity contribution in [3.05, 3.63) is 23.4 Å². The van der Waals surface area contributed by atoms with Gasteiger partial charge in [0.2, 0.25) is 5.16 Å². The van der Waals surface area contributed by atoms with Crippen molar-refractivity contribution in [3.63, 3.8) is 0 Å². The smallest absolute Gasteiger partial charge is 0.215 e. The van der Waals surface area contributed by atoms with Gasteiger partial charge >= 0.3 is 0 Å². The van der Waals surface area contributed by atoms with E-state index in [-0.39, 0.29) is 0 Å². The van der Waals surface area contributed by atoms with E-state index in [0.29, 0.717) is 12.6 Å². The molecule has 6 nitrogen and oxygen atoms in total. The Morgan fingerprint density at radius 3 is 3.00 bits per heavy atom. The average molecular weight is 276 g/mol. The molecule has 0 bridgehead atoms. The Hall–Kier alpha value is -1.47. The predicted molar refractivity (Wildman–Crippen MR) is 71.9 cm³/mol. The molecule has 1 aliphatic carbocycles. The molecule has 2 N–H and O–H groups in total. The van der Waals surface area contributed by atoms with E-state index in [1.165, 1.54) is 30.2 Å². The summed E-state index contributed by atoms with van der Waals surface area (Å²) in [5.41, 5.74) is 7.87. The van der Waals surface area contributed by atoms with Crippen LogP contribution in [-0.2, 0) is 6.42 Å². The number of nitrogens with zero attached hydrogens (tertiary/aromatic N) is 5. The molecule has 1 fully saturated rings. The van der Waals surface area contributed by atoms with Crippen molar-refractivity contribution in [1.29, 1.82) is 0 Å². The Bertz CT molecular complexity index is 577. The van der Waals surface area contributed by atoms with Crippen LogP contribution < -0.4 is 5.73 Å². The molecule has 7 heteroatoms. The zero-order chi connectivity index (χ0) is 13.2. The lowest BCUT2D eigenvalue weighted by molar-refractivity contribution is 0.565. The fourth-order valence-electron chi connectivity index (χ4n) is 1.92. The van der Waals surface area contributed by atoms with Crippen molar-refractivity contribution < 1.29 is 0 Å². The van der Waals surface area contributed by atoms with Crippen LogP contribution >= 0.6 is 11.8 Å². The highest BCUT2D eigenvalue weighted by Gasteiger charge is 2.28. The van der Waals surface area contributed by atoms with Crippen LogP contribution in [-0.4, -0.2) is 31.7 Å². The Labute approximate surface area is 115 Å². The standard InChI is InChI=1S/C12H16N6S/c1-8-6-9(4-5-13)7-14-11(8)19-12-15-16-17-18(12)10-2-3-10/h6-7,10H,2-5,13H2,1H3. The Morgan fingerprint density at radius 2 is 2.32 bits per heavy atom. The molecule has 0 aliphatic heterocycles. The molecule has 0 aromatic carbocycles. The average Bonchev–Trinajstić information content (AvgIpc) is 3.14. The van der Waals surface area contributed by atoms with Crippen molar-refractivity contribution in [3.8, 4) is 0 Å². The minimum atomic E-state index is 0.481. The van der Waals surface area contributed by atoms with Crippen molar-refractivity contribution >= 4 is 11.8 Å². The third kappa shape index (κ3) is 2.76. The summed E-state index contributed by atoms with van der Waals surface area (Å²) in [7, 11) is 0. The zero-order valence-electron chi connectivity index (χ0n) is 10.8. The van der Waals surface area contributed by atoms with E-state index in [2.05, 4.69) is 33.5 Å². The summed E-state index contributed by atoms with van der Waals surface area (Å²) < 4.78 is 1.90. The summed E-state index contributed by atoms with van der Waals surface area (Å²) in [6.45, 7) is 2.70. The fraction of sp³-hybridized carbons (Fsp3) is 0.500. The van der Waals surface area contributed by atoms with Crippen LogP contribution in [0.2, 0.25) is 0 Å². The molecule has 0 atom stereocenters. The maximum atomic E-state index is 5.56. The molecule has 0 radical (unpaired) electrons. The van der Waals surface area contributed by atoms with Gasteiger partial charge in [0.1, 0.15) is 5.03 Å². The van der Waals surface area contributed by atoms with Crippen LogP contribution in [0.3, 0.4) is 0 Å². The van der Waals surface area contributed by atoms with Crippen molar-refractivity contribution in [2.75, 3.05) is 6.54 Å². The van der Waals surface area contributed by atoms with Crippen molar-refractivity contribution in [1.82, 2.24) is 25.2 Å². The van der Waals surface area contributed by atoms with Crippen LogP contribution in [0.5, 0.6) is 0 Å². The number of hydrogen-bond acceptors (Lipinski definition) is 6. The van der Waals surface area contributed by atoms with E-state index in [1.807, 2.05) is 10.9 Å². The monoisotopic (exact) mass is 276 g/mol. The third-order valence-corrected chi connectivity index (χ3v) is 4.14. The van der Waals surface area contributed by atoms with E-state index in [0.717, 1.165) is 22.2 Å². The zero-order valence-corrected chi connectivity index (χ0v) is 11.6. The molecule has 1 aliphatic rings. The quantitative estimate of drug-likeness (QED) is 0.888. The topological polar surface area (TPSA) is 82.5 Å². The highest BCUT2D eigenvalue weighted by atomic mass is 32.2. The Balaban J connectivity index is 1.80. The lowest BCUT2D eigenvalue weighted by Gasteiger charge is -2.06. The minimum Gasteiger partial charge on any atom is -0.330 e. The Morgan fingerprint density at radius 1 is 1.47 bits per heavy atom. The third-order valence-electron chi connectivity index (χ3n) is 3.06. The van der Waals surface area contributed by atoms with Gasteiger partial charge in [-0.15, -0.1) is 5.10 Å². The van der Waals surface area contributed by atoms with Crippen LogP contribution in [0.4, 0.5) is 0 Å². The Kier molecular flexibility index (Phi) is 3.48. The minimum absolute atomic E-state index is 0.481. The van der Waals surface area contributed by atoms with Gasteiger partial charge in [-0.2, -0.15) is 0 Å². The van der Waals surface area contributed by atoms with Crippen LogP contribution in [0.25, 0.3) is 0 Å². The second-order valence-corrected chi connectivity index (χ2v) is 5.70. The van der Waals surface area contributed by atoms with Gasteiger partial charge in [0, 0.05) is 6.20 Å². The molecule has 0 amide bonds. The molecule has 100 valence electrons. The van der Waals surface area contributed by atoms with Gasteiger partial charge in [-0.1, -0.05) is 6.07 Å². The van der Waals surface area contributed by atoms with Crippen LogP contribution in [0, 0.1) is 6.92 Å². The van der Waals surface area contributed by atoms with Crippen molar-refractivity contribution in [2.24, 2.45) is 5.73 Å². The molecule has 2 aromatic rings. The highest BCUT2D eigenvalue weighted by Crippen LogP contribution is 2.38. The largest absolute Gasteiger partial charge is 0.330 e. The number of aromatic nitrogens is 5. The molecular weight excluding hydrogens is 260 g/mol. The summed E-state index contributed by atoms with van der Waals surface area (Å²) in [5.74, 6) is 0. The molecule has 0 unspecified atom stereocenters. The summed E-state index contributed by atoms with van der Waals surface area (Å²) in [6.07, 6.45) is 5.08. The van der Waals surface area contributed by atoms with Gasteiger partial charge in [0.15, 0.2) is 0 Å². The van der Waals surface area contributed by atoms with E-state index >= 15 is 0 Å². The molecule has 19 heavy (non-hydrogen) atoms. The second-order valence-electron chi connectivity index (χ2n) is 4.74. The van der Waals surface area contributed by atoms with Crippen LogP contribution in [0.15, 0.2) is 22.4 Å². The number of nitrogens with two attached hydrogens (primary N) is 1. The highest BCUT2D eigenvalue weighted by molar-refractivity contribution is 7.99. The SMILES string of the molecule is Cc1cc(CCN)cnc1Sc1nnnn1C1CC1. The maximum absolute atomic E-state index is 5.56. The number of rotatable bonds is 5. The van der Waals surface area contributed by atoms with E-state index in [9.17, 15) is 0 Å². The number of aryl methyl sites for hydroxylation is 1. The van der Waals surface area contributed by atoms with Gasteiger partial charge in [-0.3, -0.25) is 0 Å². The molecular formula is C12H16N6S. The predicted octanol–water partition coefficient (Wildman–Crippen LogP) is 1.36. The fourth-order valence-corrected chi connectivity index (χ4v) is 2.77. The molecule has 3 rings (SSSR count). The van der Waals surface area contributed by atoms with Gasteiger partial charge in [-0.05, 0) is 66.0 Å². The second kappa shape index (κ2) is 5.26. The van der Waals surface area contributed by atoms with E-state index in [4.69, 9.17) is 5.73 Å². The first-order valence-corrected chi connectivity index (χ1v) is 7.21. The van der Waals surface area contributed by atoms with Gasteiger partial charge in [0.25, 0.3) is 0 Å². The summed E-state index contributed by atoms with van der Waals surface area (Å²) in [4.78, 5) is 4.49. The summed E-state index contributed by atoms with van der Waals surface area (Å²) in [5, 5.41) is 13.7. The van der Waals surface area contributed by atoms with E-state index in [1.54, 1.807) is 0 Å². The first-order valence-electron chi connectivity index (χ1n) is 6.39. The van der Waals surface area contributed by atoms with Gasteiger partial charge in [0.05, 0.1) is 6.04 Å². The molecule has 2 heterocycles. The first kappa shape index (κ1) is 12.6. The summed E-state index contributed by atoms with van der Waals surface area (Å²) >= 11 is 1.53. The lowest BCUT2D eigenvalue weighted by Crippen LogP contribution is -2.04. The normalized spacial score (nSPS) is 14.8. The number of pyridine rings is 1. The number of hydrogen-bond donors (Lipinski definition) is 1. The van der Waals surface area contributed by atoms with E-state index < -0.39 is 0 Å². The lowest BCUT2D eigenvalue weighted by atomic mass is 10.2. The molecule has 1 saturated carbocycles. The number of tetrazole rings is 1.